The molecule has 3 aliphatic rings. The summed E-state index contributed by atoms with van der Waals surface area (Å²) in [6.07, 6.45) is 3.70. The van der Waals surface area contributed by atoms with Gasteiger partial charge >= 0.3 is 6.03 Å². The molecule has 8 heteroatoms. The van der Waals surface area contributed by atoms with Crippen LogP contribution in [0.3, 0.4) is 0 Å². The van der Waals surface area contributed by atoms with Gasteiger partial charge in [0.05, 0.1) is 5.92 Å². The highest BCUT2D eigenvalue weighted by Gasteiger charge is 2.39. The SMILES string of the molecule is CC1(CN)CCN(C(=O)C2CCCN(C(=O)N3CCc4sccc4C3)C2)C1.Cl. The van der Waals surface area contributed by atoms with Crippen molar-refractivity contribution in [3.8, 4) is 0 Å². The largest absolute Gasteiger partial charge is 0.342 e. The van der Waals surface area contributed by atoms with E-state index in [4.69, 9.17) is 5.73 Å². The van der Waals surface area contributed by atoms with Crippen LogP contribution in [0, 0.1) is 11.3 Å². The molecule has 2 fully saturated rings. The Kier molecular flexibility index (Phi) is 6.57. The normalized spacial score (nSPS) is 27.4. The van der Waals surface area contributed by atoms with Gasteiger partial charge in [0.2, 0.25) is 5.91 Å². The molecule has 1 aromatic rings. The molecule has 1 aromatic heterocycles. The average Bonchev–Trinajstić information content (AvgIpc) is 3.33. The second-order valence-corrected chi connectivity index (χ2v) is 9.63. The zero-order valence-corrected chi connectivity index (χ0v) is 18.2. The summed E-state index contributed by atoms with van der Waals surface area (Å²) in [6.45, 7) is 7.12. The minimum absolute atomic E-state index is 0. The minimum Gasteiger partial charge on any atom is -0.342 e. The highest BCUT2D eigenvalue weighted by Crippen LogP contribution is 2.31. The van der Waals surface area contributed by atoms with Crippen LogP contribution in [0.2, 0.25) is 0 Å². The van der Waals surface area contributed by atoms with E-state index in [0.29, 0.717) is 19.6 Å². The molecule has 0 aliphatic carbocycles. The average molecular weight is 427 g/mol. The second-order valence-electron chi connectivity index (χ2n) is 8.63. The van der Waals surface area contributed by atoms with Crippen molar-refractivity contribution in [2.24, 2.45) is 17.1 Å². The van der Waals surface area contributed by atoms with Crippen LogP contribution in [0.15, 0.2) is 11.4 Å². The Balaban J connectivity index is 0.00000225. The van der Waals surface area contributed by atoms with E-state index in [2.05, 4.69) is 18.4 Å². The molecule has 0 radical (unpaired) electrons. The van der Waals surface area contributed by atoms with Gasteiger partial charge in [-0.1, -0.05) is 6.92 Å². The molecule has 0 aromatic carbocycles. The van der Waals surface area contributed by atoms with Crippen molar-refractivity contribution in [1.29, 1.82) is 0 Å². The fourth-order valence-corrected chi connectivity index (χ4v) is 5.49. The molecule has 3 aliphatic heterocycles. The Labute approximate surface area is 177 Å². The first-order chi connectivity index (χ1) is 13.0. The number of piperidine rings is 1. The van der Waals surface area contributed by atoms with E-state index in [-0.39, 0.29) is 35.7 Å². The summed E-state index contributed by atoms with van der Waals surface area (Å²) < 4.78 is 0. The Morgan fingerprint density at radius 3 is 2.82 bits per heavy atom. The maximum absolute atomic E-state index is 13.0. The molecule has 0 spiro atoms. The van der Waals surface area contributed by atoms with Gasteiger partial charge in [-0.2, -0.15) is 0 Å². The summed E-state index contributed by atoms with van der Waals surface area (Å²) in [6, 6.07) is 2.22. The predicted molar refractivity (Wildman–Crippen MR) is 114 cm³/mol. The number of likely N-dealkylation sites (tertiary alicyclic amines) is 2. The Hall–Kier alpha value is -1.31. The molecule has 4 rings (SSSR count). The van der Waals surface area contributed by atoms with Crippen molar-refractivity contribution in [1.82, 2.24) is 14.7 Å². The highest BCUT2D eigenvalue weighted by molar-refractivity contribution is 7.10. The van der Waals surface area contributed by atoms with E-state index < -0.39 is 0 Å². The van der Waals surface area contributed by atoms with Gasteiger partial charge < -0.3 is 20.4 Å². The maximum atomic E-state index is 13.0. The number of thiophene rings is 1. The van der Waals surface area contributed by atoms with Crippen LogP contribution in [0.4, 0.5) is 4.79 Å². The third-order valence-corrected chi connectivity index (χ3v) is 7.50. The van der Waals surface area contributed by atoms with E-state index in [1.165, 1.54) is 10.4 Å². The van der Waals surface area contributed by atoms with Gasteiger partial charge in [-0.25, -0.2) is 4.79 Å². The third kappa shape index (κ3) is 4.16. The van der Waals surface area contributed by atoms with Crippen LogP contribution in [-0.2, 0) is 17.8 Å². The van der Waals surface area contributed by atoms with E-state index in [0.717, 1.165) is 51.9 Å². The van der Waals surface area contributed by atoms with Crippen molar-refractivity contribution < 1.29 is 9.59 Å². The number of rotatable bonds is 2. The summed E-state index contributed by atoms with van der Waals surface area (Å²) in [4.78, 5) is 33.3. The number of hydrogen-bond donors (Lipinski definition) is 1. The van der Waals surface area contributed by atoms with Crippen molar-refractivity contribution >= 4 is 35.7 Å². The topological polar surface area (TPSA) is 69.9 Å². The van der Waals surface area contributed by atoms with E-state index in [1.807, 2.05) is 14.7 Å². The van der Waals surface area contributed by atoms with Crippen LogP contribution >= 0.6 is 23.7 Å². The third-order valence-electron chi connectivity index (χ3n) is 6.48. The van der Waals surface area contributed by atoms with Crippen molar-refractivity contribution in [3.05, 3.63) is 21.9 Å². The number of urea groups is 1. The first-order valence-electron chi connectivity index (χ1n) is 10.1. The monoisotopic (exact) mass is 426 g/mol. The molecule has 2 saturated heterocycles. The molecule has 3 amide bonds. The summed E-state index contributed by atoms with van der Waals surface area (Å²) in [7, 11) is 0. The van der Waals surface area contributed by atoms with Crippen LogP contribution in [0.5, 0.6) is 0 Å². The molecule has 4 heterocycles. The lowest BCUT2D eigenvalue weighted by atomic mass is 9.90. The number of nitrogens with zero attached hydrogens (tertiary/aromatic N) is 3. The lowest BCUT2D eigenvalue weighted by Crippen LogP contribution is -2.51. The highest BCUT2D eigenvalue weighted by atomic mass is 35.5. The van der Waals surface area contributed by atoms with Gasteiger partial charge in [0.1, 0.15) is 0 Å². The van der Waals surface area contributed by atoms with Crippen LogP contribution in [-0.4, -0.2) is 65.9 Å². The number of carbonyl (C=O) groups is 2. The fraction of sp³-hybridized carbons (Fsp3) is 0.700. The van der Waals surface area contributed by atoms with Crippen molar-refractivity contribution in [2.45, 2.75) is 39.2 Å². The summed E-state index contributed by atoms with van der Waals surface area (Å²) in [5.41, 5.74) is 7.21. The molecule has 2 N–H and O–H groups in total. The number of hydrogen-bond acceptors (Lipinski definition) is 4. The molecular weight excluding hydrogens is 396 g/mol. The zero-order valence-electron chi connectivity index (χ0n) is 16.6. The van der Waals surface area contributed by atoms with Gasteiger partial charge in [0.25, 0.3) is 0 Å². The Bertz CT molecular complexity index is 727. The number of fused-ring (bicyclic) bond motifs is 1. The Morgan fingerprint density at radius 2 is 2.07 bits per heavy atom. The van der Waals surface area contributed by atoms with Crippen LogP contribution < -0.4 is 5.73 Å². The predicted octanol–water partition coefficient (Wildman–Crippen LogP) is 2.56. The molecule has 6 nitrogen and oxygen atoms in total. The molecule has 0 saturated carbocycles. The number of carbonyl (C=O) groups excluding carboxylic acids is 2. The van der Waals surface area contributed by atoms with Gasteiger partial charge in [-0.05, 0) is 54.7 Å². The molecule has 2 atom stereocenters. The lowest BCUT2D eigenvalue weighted by Gasteiger charge is -2.38. The minimum atomic E-state index is -0.0654. The van der Waals surface area contributed by atoms with Crippen LogP contribution in [0.1, 0.15) is 36.6 Å². The number of amides is 3. The number of nitrogens with two attached hydrogens (primary N) is 1. The maximum Gasteiger partial charge on any atom is 0.320 e. The van der Waals surface area contributed by atoms with E-state index in [1.54, 1.807) is 11.3 Å². The lowest BCUT2D eigenvalue weighted by molar-refractivity contribution is -0.136. The van der Waals surface area contributed by atoms with Gasteiger partial charge in [-0.15, -0.1) is 23.7 Å². The Morgan fingerprint density at radius 1 is 1.25 bits per heavy atom. The van der Waals surface area contributed by atoms with Gasteiger partial charge in [-0.3, -0.25) is 4.79 Å². The van der Waals surface area contributed by atoms with Crippen molar-refractivity contribution in [3.63, 3.8) is 0 Å². The number of halogens is 1. The van der Waals surface area contributed by atoms with Gasteiger partial charge in [0, 0.05) is 44.1 Å². The molecule has 0 bridgehead atoms. The fourth-order valence-electron chi connectivity index (χ4n) is 4.60. The smallest absolute Gasteiger partial charge is 0.320 e. The molecule has 156 valence electrons. The summed E-state index contributed by atoms with van der Waals surface area (Å²) in [5.74, 6) is 0.146. The zero-order chi connectivity index (χ0) is 19.0. The summed E-state index contributed by atoms with van der Waals surface area (Å²) >= 11 is 1.78. The summed E-state index contributed by atoms with van der Waals surface area (Å²) in [5, 5.41) is 2.11. The van der Waals surface area contributed by atoms with E-state index >= 15 is 0 Å². The second kappa shape index (κ2) is 8.59. The first kappa shape index (κ1) is 21.4. The van der Waals surface area contributed by atoms with Crippen molar-refractivity contribution in [2.75, 3.05) is 39.3 Å². The standard InChI is InChI=1S/C20H30N4O2S.ClH/c1-20(13-21)6-9-24(14-20)18(25)16-3-2-7-22(12-16)19(26)23-8-4-17-15(11-23)5-10-27-17;/h5,10,16H,2-4,6-9,11-14,21H2,1H3;1H. The molecule has 28 heavy (non-hydrogen) atoms. The quantitative estimate of drug-likeness (QED) is 0.790. The molecule has 2 unspecified atom stereocenters. The van der Waals surface area contributed by atoms with Gasteiger partial charge in [0.15, 0.2) is 0 Å². The molecular formula is C20H31ClN4O2S. The van der Waals surface area contributed by atoms with Crippen LogP contribution in [0.25, 0.3) is 0 Å². The first-order valence-corrected chi connectivity index (χ1v) is 10.9. The van der Waals surface area contributed by atoms with E-state index in [9.17, 15) is 9.59 Å².